The van der Waals surface area contributed by atoms with Gasteiger partial charge in [-0.2, -0.15) is 0 Å². The molecule has 1 aromatic heterocycles. The molecule has 0 atom stereocenters. The summed E-state index contributed by atoms with van der Waals surface area (Å²) < 4.78 is 1.16. The Bertz CT molecular complexity index is 496. The lowest BCUT2D eigenvalue weighted by atomic mass is 10.2. The van der Waals surface area contributed by atoms with E-state index in [1.807, 2.05) is 25.1 Å². The number of hydrogen-bond acceptors (Lipinski definition) is 2. The van der Waals surface area contributed by atoms with Gasteiger partial charge in [-0.3, -0.25) is 0 Å². The van der Waals surface area contributed by atoms with Gasteiger partial charge in [-0.1, -0.05) is 17.7 Å². The summed E-state index contributed by atoms with van der Waals surface area (Å²) in [6.07, 6.45) is 0. The number of benzene rings is 1. The molecule has 0 saturated carbocycles. The molecule has 0 saturated heterocycles. The third-order valence-electron chi connectivity index (χ3n) is 2.40. The van der Waals surface area contributed by atoms with E-state index in [2.05, 4.69) is 32.7 Å². The summed E-state index contributed by atoms with van der Waals surface area (Å²) in [5.74, 6) is 0. The molecule has 0 unspecified atom stereocenters. The predicted octanol–water partition coefficient (Wildman–Crippen LogP) is 5.08. The smallest absolute Gasteiger partial charge is 0.0505 e. The largest absolute Gasteiger partial charge is 0.380 e. The zero-order chi connectivity index (χ0) is 11.5. The van der Waals surface area contributed by atoms with E-state index < -0.39 is 0 Å². The van der Waals surface area contributed by atoms with Crippen molar-refractivity contribution in [1.82, 2.24) is 0 Å². The number of hydrogen-bond donors (Lipinski definition) is 1. The molecule has 0 aliphatic carbocycles. The van der Waals surface area contributed by atoms with Gasteiger partial charge in [0.2, 0.25) is 0 Å². The molecule has 0 radical (unpaired) electrons. The van der Waals surface area contributed by atoms with Crippen LogP contribution in [0.4, 0.5) is 5.69 Å². The Hall–Kier alpha value is -0.510. The topological polar surface area (TPSA) is 12.0 Å². The lowest BCUT2D eigenvalue weighted by Crippen LogP contribution is -1.99. The second-order valence-electron chi connectivity index (χ2n) is 3.46. The Morgan fingerprint density at radius 3 is 2.88 bits per heavy atom. The first-order chi connectivity index (χ1) is 7.68. The second-order valence-corrected chi connectivity index (χ2v) is 5.72. The molecular formula is C12H11BrClNS. The molecule has 2 rings (SSSR count). The lowest BCUT2D eigenvalue weighted by molar-refractivity contribution is 1.17. The Kier molecular flexibility index (Phi) is 3.90. The van der Waals surface area contributed by atoms with Crippen molar-refractivity contribution in [1.29, 1.82) is 0 Å². The van der Waals surface area contributed by atoms with Crippen molar-refractivity contribution in [3.63, 3.8) is 0 Å². The van der Waals surface area contributed by atoms with Gasteiger partial charge in [-0.15, -0.1) is 11.3 Å². The molecule has 0 bridgehead atoms. The minimum absolute atomic E-state index is 0.801. The fraction of sp³-hybridized carbons (Fsp3) is 0.167. The minimum Gasteiger partial charge on any atom is -0.380 e. The van der Waals surface area contributed by atoms with E-state index in [9.17, 15) is 0 Å². The molecule has 4 heteroatoms. The van der Waals surface area contributed by atoms with Gasteiger partial charge in [0.05, 0.1) is 6.54 Å². The van der Waals surface area contributed by atoms with Crippen molar-refractivity contribution in [2.75, 3.05) is 5.32 Å². The molecule has 1 aromatic carbocycles. The monoisotopic (exact) mass is 315 g/mol. The van der Waals surface area contributed by atoms with Gasteiger partial charge in [0.15, 0.2) is 0 Å². The number of anilines is 1. The standard InChI is InChI=1S/C12H11BrClNS/c1-8-10(14)3-2-4-11(8)15-7-12-9(13)5-6-16-12/h2-6,15H,7H2,1H3. The highest BCUT2D eigenvalue weighted by Gasteiger charge is 2.04. The average molecular weight is 317 g/mol. The third kappa shape index (κ3) is 2.59. The molecule has 0 spiro atoms. The highest BCUT2D eigenvalue weighted by atomic mass is 79.9. The molecule has 0 amide bonds. The van der Waals surface area contributed by atoms with Gasteiger partial charge in [0.1, 0.15) is 0 Å². The van der Waals surface area contributed by atoms with Gasteiger partial charge in [0.25, 0.3) is 0 Å². The summed E-state index contributed by atoms with van der Waals surface area (Å²) in [5, 5.41) is 6.27. The fourth-order valence-electron chi connectivity index (χ4n) is 1.43. The van der Waals surface area contributed by atoms with Crippen molar-refractivity contribution in [3.8, 4) is 0 Å². The molecular weight excluding hydrogens is 306 g/mol. The SMILES string of the molecule is Cc1c(Cl)cccc1NCc1sccc1Br. The van der Waals surface area contributed by atoms with Gasteiger partial charge in [-0.25, -0.2) is 0 Å². The minimum atomic E-state index is 0.801. The summed E-state index contributed by atoms with van der Waals surface area (Å²) in [6.45, 7) is 2.84. The molecule has 1 heterocycles. The molecule has 0 aliphatic heterocycles. The number of nitrogens with one attached hydrogen (secondary N) is 1. The van der Waals surface area contributed by atoms with Crippen molar-refractivity contribution in [3.05, 3.63) is 49.6 Å². The van der Waals surface area contributed by atoms with Crippen molar-refractivity contribution < 1.29 is 0 Å². The molecule has 2 aromatic rings. The van der Waals surface area contributed by atoms with Crippen LogP contribution in [0, 0.1) is 6.92 Å². The fourth-order valence-corrected chi connectivity index (χ4v) is 3.03. The summed E-state index contributed by atoms with van der Waals surface area (Å²) >= 11 is 11.3. The highest BCUT2D eigenvalue weighted by Crippen LogP contribution is 2.26. The quantitative estimate of drug-likeness (QED) is 0.832. The van der Waals surface area contributed by atoms with Gasteiger partial charge < -0.3 is 5.32 Å². The molecule has 0 aliphatic rings. The van der Waals surface area contributed by atoms with Gasteiger partial charge in [-0.05, 0) is 52.0 Å². The molecule has 84 valence electrons. The molecule has 16 heavy (non-hydrogen) atoms. The van der Waals surface area contributed by atoms with Crippen LogP contribution in [0.5, 0.6) is 0 Å². The maximum Gasteiger partial charge on any atom is 0.0505 e. The van der Waals surface area contributed by atoms with Crippen LogP contribution >= 0.6 is 38.9 Å². The zero-order valence-electron chi connectivity index (χ0n) is 8.76. The Morgan fingerprint density at radius 1 is 1.38 bits per heavy atom. The van der Waals surface area contributed by atoms with Crippen LogP contribution in [-0.2, 0) is 6.54 Å². The molecule has 1 nitrogen and oxygen atoms in total. The van der Waals surface area contributed by atoms with Gasteiger partial charge in [0, 0.05) is 20.1 Å². The van der Waals surface area contributed by atoms with Crippen molar-refractivity contribution in [2.45, 2.75) is 13.5 Å². The van der Waals surface area contributed by atoms with Crippen molar-refractivity contribution in [2.24, 2.45) is 0 Å². The Labute approximate surface area is 113 Å². The van der Waals surface area contributed by atoms with Crippen molar-refractivity contribution >= 4 is 44.6 Å². The number of rotatable bonds is 3. The van der Waals surface area contributed by atoms with E-state index in [1.165, 1.54) is 4.88 Å². The van der Waals surface area contributed by atoms with E-state index in [4.69, 9.17) is 11.6 Å². The van der Waals surface area contributed by atoms with Crippen LogP contribution in [0.2, 0.25) is 5.02 Å². The predicted molar refractivity (Wildman–Crippen MR) is 75.5 cm³/mol. The summed E-state index contributed by atoms with van der Waals surface area (Å²) in [5.41, 5.74) is 2.18. The van der Waals surface area contributed by atoms with E-state index in [0.29, 0.717) is 0 Å². The lowest BCUT2D eigenvalue weighted by Gasteiger charge is -2.09. The number of halogens is 2. The maximum atomic E-state index is 6.06. The maximum absolute atomic E-state index is 6.06. The zero-order valence-corrected chi connectivity index (χ0v) is 11.9. The van der Waals surface area contributed by atoms with Crippen LogP contribution in [0.15, 0.2) is 34.1 Å². The highest BCUT2D eigenvalue weighted by molar-refractivity contribution is 9.10. The Balaban J connectivity index is 2.11. The van der Waals surface area contributed by atoms with E-state index in [-0.39, 0.29) is 0 Å². The van der Waals surface area contributed by atoms with E-state index in [1.54, 1.807) is 11.3 Å². The second kappa shape index (κ2) is 5.21. The van der Waals surface area contributed by atoms with Crippen LogP contribution in [0.3, 0.4) is 0 Å². The molecule has 0 fully saturated rings. The van der Waals surface area contributed by atoms with Crippen LogP contribution in [0.25, 0.3) is 0 Å². The first-order valence-electron chi connectivity index (χ1n) is 4.89. The summed E-state index contributed by atoms with van der Waals surface area (Å²) in [6, 6.07) is 7.97. The molecule has 1 N–H and O–H groups in total. The van der Waals surface area contributed by atoms with E-state index >= 15 is 0 Å². The van der Waals surface area contributed by atoms with Crippen LogP contribution in [-0.4, -0.2) is 0 Å². The third-order valence-corrected chi connectivity index (χ3v) is 4.73. The number of thiophene rings is 1. The summed E-state index contributed by atoms with van der Waals surface area (Å²) in [4.78, 5) is 1.29. The van der Waals surface area contributed by atoms with Crippen LogP contribution in [0.1, 0.15) is 10.4 Å². The Morgan fingerprint density at radius 2 is 2.19 bits per heavy atom. The first-order valence-corrected chi connectivity index (χ1v) is 6.94. The van der Waals surface area contributed by atoms with Gasteiger partial charge >= 0.3 is 0 Å². The van der Waals surface area contributed by atoms with Crippen LogP contribution < -0.4 is 5.32 Å². The normalized spacial score (nSPS) is 10.4. The average Bonchev–Trinajstić information content (AvgIpc) is 2.67. The summed E-state index contributed by atoms with van der Waals surface area (Å²) in [7, 11) is 0. The first kappa shape index (κ1) is 12.0. The van der Waals surface area contributed by atoms with E-state index in [0.717, 1.165) is 27.3 Å².